The van der Waals surface area contributed by atoms with E-state index in [1.165, 1.54) is 0 Å². The van der Waals surface area contributed by atoms with Crippen LogP contribution in [-0.4, -0.2) is 45.4 Å². The number of hydrogen-bond donors (Lipinski definition) is 1. The van der Waals surface area contributed by atoms with Gasteiger partial charge in [-0.1, -0.05) is 30.3 Å². The maximum Gasteiger partial charge on any atom is 0.261 e. The highest BCUT2D eigenvalue weighted by molar-refractivity contribution is 5.95. The van der Waals surface area contributed by atoms with E-state index in [1.54, 1.807) is 0 Å². The molecule has 0 unspecified atom stereocenters. The van der Waals surface area contributed by atoms with Gasteiger partial charge in [-0.3, -0.25) is 19.0 Å². The molecular weight excluding hydrogens is 428 g/mol. The Bertz CT molecular complexity index is 1290. The van der Waals surface area contributed by atoms with Gasteiger partial charge in [0.15, 0.2) is 0 Å². The van der Waals surface area contributed by atoms with Crippen LogP contribution in [0.4, 0.5) is 0 Å². The number of carbonyl (C=O) groups excluding carboxylic acids is 2. The number of likely N-dealkylation sites (tertiary alicyclic amines) is 1. The zero-order chi connectivity index (χ0) is 23.7. The molecule has 7 nitrogen and oxygen atoms in total. The number of nitrogens with one attached hydrogen (secondary N) is 1. The molecule has 3 aromatic rings. The third kappa shape index (κ3) is 4.60. The zero-order valence-electron chi connectivity index (χ0n) is 19.5. The molecular formula is C27H30N4O3. The van der Waals surface area contributed by atoms with E-state index in [9.17, 15) is 14.4 Å². The molecule has 2 heterocycles. The lowest BCUT2D eigenvalue weighted by atomic mass is 10.0. The molecule has 5 rings (SSSR count). The minimum atomic E-state index is -0.0525. The maximum absolute atomic E-state index is 13.0. The lowest BCUT2D eigenvalue weighted by molar-refractivity contribution is -0.132. The fourth-order valence-electron chi connectivity index (χ4n) is 4.82. The summed E-state index contributed by atoms with van der Waals surface area (Å²) in [4.78, 5) is 45.2. The Kier molecular flexibility index (Phi) is 6.18. The number of piperidine rings is 1. The van der Waals surface area contributed by atoms with E-state index in [2.05, 4.69) is 5.32 Å². The molecule has 1 N–H and O–H groups in total. The first-order valence-electron chi connectivity index (χ1n) is 12.2. The van der Waals surface area contributed by atoms with Crippen molar-refractivity contribution in [3.63, 3.8) is 0 Å². The second-order valence-electron chi connectivity index (χ2n) is 9.39. The average Bonchev–Trinajstić information content (AvgIpc) is 3.68. The van der Waals surface area contributed by atoms with Crippen molar-refractivity contribution < 1.29 is 9.59 Å². The van der Waals surface area contributed by atoms with Gasteiger partial charge in [0, 0.05) is 43.6 Å². The largest absolute Gasteiger partial charge is 0.349 e. The molecule has 1 aliphatic heterocycles. The van der Waals surface area contributed by atoms with Crippen LogP contribution in [0.3, 0.4) is 0 Å². The summed E-state index contributed by atoms with van der Waals surface area (Å²) in [5.74, 6) is 0.733. The highest BCUT2D eigenvalue weighted by Gasteiger charge is 2.29. The monoisotopic (exact) mass is 458 g/mol. The SMILES string of the molecule is Cc1ccccc1C(=O)NC1CCN(C(=O)CCc2nc3ccccc3c(=O)n2C2CC2)CC1. The smallest absolute Gasteiger partial charge is 0.261 e. The van der Waals surface area contributed by atoms with Crippen LogP contribution in [-0.2, 0) is 11.2 Å². The number of carbonyl (C=O) groups is 2. The summed E-state index contributed by atoms with van der Waals surface area (Å²) in [6, 6.07) is 15.3. The molecule has 0 spiro atoms. The summed E-state index contributed by atoms with van der Waals surface area (Å²) in [5, 5.41) is 3.76. The lowest BCUT2D eigenvalue weighted by Gasteiger charge is -2.32. The van der Waals surface area contributed by atoms with Gasteiger partial charge in [-0.2, -0.15) is 0 Å². The van der Waals surface area contributed by atoms with Crippen molar-refractivity contribution in [2.24, 2.45) is 0 Å². The summed E-state index contributed by atoms with van der Waals surface area (Å²) >= 11 is 0. The van der Waals surface area contributed by atoms with Crippen LogP contribution >= 0.6 is 0 Å². The number of nitrogens with zero attached hydrogens (tertiary/aromatic N) is 3. The minimum absolute atomic E-state index is 0.000702. The van der Waals surface area contributed by atoms with Crippen molar-refractivity contribution in [3.05, 3.63) is 75.8 Å². The fourth-order valence-corrected chi connectivity index (χ4v) is 4.82. The molecule has 34 heavy (non-hydrogen) atoms. The lowest BCUT2D eigenvalue weighted by Crippen LogP contribution is -2.46. The number of fused-ring (bicyclic) bond motifs is 1. The predicted molar refractivity (Wildman–Crippen MR) is 131 cm³/mol. The normalized spacial score (nSPS) is 16.6. The highest BCUT2D eigenvalue weighted by atomic mass is 16.2. The van der Waals surface area contributed by atoms with E-state index in [0.717, 1.165) is 31.2 Å². The molecule has 0 bridgehead atoms. The van der Waals surface area contributed by atoms with Crippen LogP contribution in [0.1, 0.15) is 59.9 Å². The standard InChI is InChI=1S/C27H30N4O3/c1-18-6-2-3-7-21(18)26(33)28-19-14-16-30(17-15-19)25(32)13-12-24-29-23-9-5-4-8-22(23)27(34)31(24)20-10-11-20/h2-9,19-20H,10-17H2,1H3,(H,28,33). The molecule has 0 radical (unpaired) electrons. The van der Waals surface area contributed by atoms with Gasteiger partial charge in [0.2, 0.25) is 5.91 Å². The Morgan fingerprint density at radius 2 is 1.71 bits per heavy atom. The fraction of sp³-hybridized carbons (Fsp3) is 0.407. The Labute approximate surface area is 198 Å². The van der Waals surface area contributed by atoms with E-state index in [0.29, 0.717) is 48.2 Å². The number of aromatic nitrogens is 2. The molecule has 7 heteroatoms. The van der Waals surface area contributed by atoms with Crippen LogP contribution in [0.2, 0.25) is 0 Å². The second kappa shape index (κ2) is 9.41. The van der Waals surface area contributed by atoms with Crippen molar-refractivity contribution in [3.8, 4) is 0 Å². The molecule has 2 aromatic carbocycles. The van der Waals surface area contributed by atoms with Gasteiger partial charge < -0.3 is 10.2 Å². The van der Waals surface area contributed by atoms with Crippen LogP contribution in [0.25, 0.3) is 10.9 Å². The number of aryl methyl sites for hydroxylation is 2. The van der Waals surface area contributed by atoms with Crippen LogP contribution in [0.15, 0.2) is 53.3 Å². The van der Waals surface area contributed by atoms with E-state index < -0.39 is 0 Å². The summed E-state index contributed by atoms with van der Waals surface area (Å²) < 4.78 is 1.81. The Balaban J connectivity index is 1.19. The third-order valence-electron chi connectivity index (χ3n) is 6.93. The first-order chi connectivity index (χ1) is 16.5. The van der Waals surface area contributed by atoms with Crippen LogP contribution in [0.5, 0.6) is 0 Å². The van der Waals surface area contributed by atoms with Gasteiger partial charge in [0.25, 0.3) is 11.5 Å². The number of para-hydroxylation sites is 1. The third-order valence-corrected chi connectivity index (χ3v) is 6.93. The topological polar surface area (TPSA) is 84.3 Å². The van der Waals surface area contributed by atoms with Crippen molar-refractivity contribution in [1.82, 2.24) is 19.8 Å². The predicted octanol–water partition coefficient (Wildman–Crippen LogP) is 3.39. The Morgan fingerprint density at radius 1 is 1.00 bits per heavy atom. The van der Waals surface area contributed by atoms with Gasteiger partial charge in [-0.25, -0.2) is 4.98 Å². The van der Waals surface area contributed by atoms with Gasteiger partial charge in [0.05, 0.1) is 10.9 Å². The molecule has 1 aliphatic carbocycles. The van der Waals surface area contributed by atoms with Crippen molar-refractivity contribution in [2.45, 2.75) is 57.5 Å². The van der Waals surface area contributed by atoms with E-state index in [1.807, 2.05) is 64.9 Å². The Morgan fingerprint density at radius 3 is 2.44 bits per heavy atom. The maximum atomic E-state index is 13.0. The van der Waals surface area contributed by atoms with Crippen LogP contribution < -0.4 is 10.9 Å². The average molecular weight is 459 g/mol. The van der Waals surface area contributed by atoms with Gasteiger partial charge in [-0.05, 0) is 56.4 Å². The molecule has 2 amide bonds. The van der Waals surface area contributed by atoms with E-state index in [-0.39, 0.29) is 29.5 Å². The van der Waals surface area contributed by atoms with Crippen molar-refractivity contribution in [2.75, 3.05) is 13.1 Å². The molecule has 176 valence electrons. The van der Waals surface area contributed by atoms with E-state index >= 15 is 0 Å². The molecule has 1 saturated heterocycles. The first kappa shape index (κ1) is 22.3. The van der Waals surface area contributed by atoms with Gasteiger partial charge >= 0.3 is 0 Å². The summed E-state index contributed by atoms with van der Waals surface area (Å²) in [5.41, 5.74) is 2.35. The van der Waals surface area contributed by atoms with Gasteiger partial charge in [0.1, 0.15) is 5.82 Å². The molecule has 2 aliphatic rings. The Hall–Kier alpha value is -3.48. The summed E-state index contributed by atoms with van der Waals surface area (Å²) in [6.07, 6.45) is 4.25. The van der Waals surface area contributed by atoms with Crippen LogP contribution in [0, 0.1) is 6.92 Å². The number of benzene rings is 2. The molecule has 1 aromatic heterocycles. The molecule has 0 atom stereocenters. The van der Waals surface area contributed by atoms with Crippen molar-refractivity contribution >= 4 is 22.7 Å². The number of hydrogen-bond acceptors (Lipinski definition) is 4. The number of amides is 2. The molecule has 2 fully saturated rings. The van der Waals surface area contributed by atoms with Gasteiger partial charge in [-0.15, -0.1) is 0 Å². The summed E-state index contributed by atoms with van der Waals surface area (Å²) in [6.45, 7) is 3.18. The quantitative estimate of drug-likeness (QED) is 0.614. The number of rotatable bonds is 6. The zero-order valence-corrected chi connectivity index (χ0v) is 19.5. The van der Waals surface area contributed by atoms with Crippen molar-refractivity contribution in [1.29, 1.82) is 0 Å². The molecule has 1 saturated carbocycles. The second-order valence-corrected chi connectivity index (χ2v) is 9.39. The highest BCUT2D eigenvalue weighted by Crippen LogP contribution is 2.35. The first-order valence-corrected chi connectivity index (χ1v) is 12.2. The van der Waals surface area contributed by atoms with E-state index in [4.69, 9.17) is 4.98 Å². The minimum Gasteiger partial charge on any atom is -0.349 e. The summed E-state index contributed by atoms with van der Waals surface area (Å²) in [7, 11) is 0.